The molecule has 17 heavy (non-hydrogen) atoms. The zero-order chi connectivity index (χ0) is 12.1. The zero-order valence-electron chi connectivity index (χ0n) is 10.0. The summed E-state index contributed by atoms with van der Waals surface area (Å²) in [6.07, 6.45) is 0.806. The highest BCUT2D eigenvalue weighted by molar-refractivity contribution is 5.15. The van der Waals surface area contributed by atoms with Crippen LogP contribution >= 0.6 is 0 Å². The SMILES string of the molecule is OCC[C@@H]1C[NH2+]CC[NH+]1Cc1ccccc1F. The van der Waals surface area contributed by atoms with Gasteiger partial charge in [0.15, 0.2) is 0 Å². The van der Waals surface area contributed by atoms with Crippen LogP contribution in [0.4, 0.5) is 4.39 Å². The van der Waals surface area contributed by atoms with E-state index in [4.69, 9.17) is 5.11 Å². The summed E-state index contributed by atoms with van der Waals surface area (Å²) in [4.78, 5) is 1.40. The maximum Gasteiger partial charge on any atom is 0.140 e. The lowest BCUT2D eigenvalue weighted by Crippen LogP contribution is -3.23. The maximum absolute atomic E-state index is 13.6. The summed E-state index contributed by atoms with van der Waals surface area (Å²) < 4.78 is 13.6. The lowest BCUT2D eigenvalue weighted by molar-refractivity contribution is -0.982. The van der Waals surface area contributed by atoms with Crippen LogP contribution in [0.3, 0.4) is 0 Å². The minimum atomic E-state index is -0.114. The van der Waals surface area contributed by atoms with Crippen LogP contribution in [-0.4, -0.2) is 37.4 Å². The van der Waals surface area contributed by atoms with Crippen LogP contribution < -0.4 is 10.2 Å². The van der Waals surface area contributed by atoms with E-state index in [1.807, 2.05) is 12.1 Å². The predicted molar refractivity (Wildman–Crippen MR) is 63.1 cm³/mol. The molecule has 1 aliphatic heterocycles. The lowest BCUT2D eigenvalue weighted by atomic mass is 10.1. The van der Waals surface area contributed by atoms with Gasteiger partial charge in [-0.3, -0.25) is 0 Å². The molecule has 2 rings (SSSR count). The number of quaternary nitrogens is 2. The first kappa shape index (κ1) is 12.5. The lowest BCUT2D eigenvalue weighted by Gasteiger charge is -2.30. The van der Waals surface area contributed by atoms with E-state index in [1.165, 1.54) is 11.0 Å². The van der Waals surface area contributed by atoms with Gasteiger partial charge >= 0.3 is 0 Å². The summed E-state index contributed by atoms with van der Waals surface area (Å²) in [5, 5.41) is 11.3. The molecular formula is C13H21FN2O+2. The molecule has 3 nitrogen and oxygen atoms in total. The maximum atomic E-state index is 13.6. The summed E-state index contributed by atoms with van der Waals surface area (Å²) >= 11 is 0. The number of piperazine rings is 1. The molecule has 1 saturated heterocycles. The molecule has 0 aliphatic carbocycles. The first-order chi connectivity index (χ1) is 8.31. The molecule has 1 fully saturated rings. The fraction of sp³-hybridized carbons (Fsp3) is 0.538. The number of aliphatic hydroxyl groups excluding tert-OH is 1. The predicted octanol–water partition coefficient (Wildman–Crippen LogP) is -1.46. The van der Waals surface area contributed by atoms with E-state index in [0.717, 1.165) is 38.2 Å². The molecule has 1 aromatic carbocycles. The third kappa shape index (κ3) is 3.25. The second kappa shape index (κ2) is 6.10. The molecule has 1 heterocycles. The van der Waals surface area contributed by atoms with Crippen LogP contribution in [-0.2, 0) is 6.54 Å². The minimum absolute atomic E-state index is 0.114. The van der Waals surface area contributed by atoms with E-state index in [9.17, 15) is 4.39 Å². The first-order valence-corrected chi connectivity index (χ1v) is 6.31. The van der Waals surface area contributed by atoms with Gasteiger partial charge in [-0.25, -0.2) is 4.39 Å². The van der Waals surface area contributed by atoms with Gasteiger partial charge in [0.05, 0.1) is 0 Å². The highest BCUT2D eigenvalue weighted by Crippen LogP contribution is 2.04. The highest BCUT2D eigenvalue weighted by Gasteiger charge is 2.28. The molecule has 0 bridgehead atoms. The Bertz CT molecular complexity index is 357. The number of hydrogen-bond acceptors (Lipinski definition) is 1. The monoisotopic (exact) mass is 240 g/mol. The van der Waals surface area contributed by atoms with Crippen LogP contribution in [0, 0.1) is 5.82 Å². The molecular weight excluding hydrogens is 219 g/mol. The quantitative estimate of drug-likeness (QED) is 0.591. The molecule has 1 aliphatic rings. The van der Waals surface area contributed by atoms with Gasteiger partial charge in [-0.2, -0.15) is 0 Å². The van der Waals surface area contributed by atoms with Crippen LogP contribution in [0.2, 0.25) is 0 Å². The highest BCUT2D eigenvalue weighted by atomic mass is 19.1. The molecule has 2 atom stereocenters. The molecule has 0 saturated carbocycles. The van der Waals surface area contributed by atoms with E-state index >= 15 is 0 Å². The van der Waals surface area contributed by atoms with E-state index in [1.54, 1.807) is 6.07 Å². The van der Waals surface area contributed by atoms with Crippen molar-refractivity contribution in [3.05, 3.63) is 35.6 Å². The standard InChI is InChI=1S/C13H19FN2O/c14-13-4-2-1-3-11(13)10-16-7-6-15-9-12(16)5-8-17/h1-4,12,15,17H,5-10H2/p+2/t12-/m1/s1. The number of benzene rings is 1. The fourth-order valence-corrected chi connectivity index (χ4v) is 2.57. The molecule has 1 aromatic rings. The molecule has 0 radical (unpaired) electrons. The smallest absolute Gasteiger partial charge is 0.140 e. The van der Waals surface area contributed by atoms with Crippen molar-refractivity contribution in [2.75, 3.05) is 26.2 Å². The Kier molecular flexibility index (Phi) is 4.48. The van der Waals surface area contributed by atoms with Gasteiger partial charge in [0.25, 0.3) is 0 Å². The number of nitrogens with one attached hydrogen (secondary N) is 1. The summed E-state index contributed by atoms with van der Waals surface area (Å²) in [6.45, 7) is 4.11. The topological polar surface area (TPSA) is 41.3 Å². The Morgan fingerprint density at radius 1 is 1.41 bits per heavy atom. The van der Waals surface area contributed by atoms with Crippen LogP contribution in [0.5, 0.6) is 0 Å². The first-order valence-electron chi connectivity index (χ1n) is 6.31. The van der Waals surface area contributed by atoms with Crippen molar-refractivity contribution >= 4 is 0 Å². The van der Waals surface area contributed by atoms with Gasteiger partial charge in [-0.1, -0.05) is 18.2 Å². The van der Waals surface area contributed by atoms with E-state index in [0.29, 0.717) is 6.04 Å². The van der Waals surface area contributed by atoms with Crippen LogP contribution in [0.25, 0.3) is 0 Å². The van der Waals surface area contributed by atoms with Gasteiger partial charge in [0, 0.05) is 18.6 Å². The Morgan fingerprint density at radius 3 is 3.00 bits per heavy atom. The van der Waals surface area contributed by atoms with E-state index in [2.05, 4.69) is 5.32 Å². The van der Waals surface area contributed by atoms with Crippen molar-refractivity contribution in [1.29, 1.82) is 0 Å². The van der Waals surface area contributed by atoms with Gasteiger partial charge < -0.3 is 15.3 Å². The Balaban J connectivity index is 2.03. The number of halogens is 1. The molecule has 4 N–H and O–H groups in total. The van der Waals surface area contributed by atoms with Crippen molar-refractivity contribution in [2.24, 2.45) is 0 Å². The van der Waals surface area contributed by atoms with E-state index in [-0.39, 0.29) is 12.4 Å². The molecule has 1 unspecified atom stereocenters. The largest absolute Gasteiger partial charge is 0.396 e. The average Bonchev–Trinajstić information content (AvgIpc) is 2.35. The third-order valence-electron chi connectivity index (χ3n) is 3.55. The summed E-state index contributed by atoms with van der Waals surface area (Å²) in [7, 11) is 0. The Labute approximate surface area is 101 Å². The van der Waals surface area contributed by atoms with Crippen LogP contribution in [0.1, 0.15) is 12.0 Å². The normalized spacial score (nSPS) is 24.8. The molecule has 0 amide bonds. The van der Waals surface area contributed by atoms with Gasteiger partial charge in [0.2, 0.25) is 0 Å². The van der Waals surface area contributed by atoms with Crippen molar-refractivity contribution in [3.63, 3.8) is 0 Å². The Hall–Kier alpha value is -0.970. The van der Waals surface area contributed by atoms with Crippen molar-refractivity contribution in [3.8, 4) is 0 Å². The molecule has 0 aromatic heterocycles. The molecule has 0 spiro atoms. The third-order valence-corrected chi connectivity index (χ3v) is 3.55. The molecule has 4 heteroatoms. The second-order valence-electron chi connectivity index (χ2n) is 4.70. The number of hydrogen-bond donors (Lipinski definition) is 3. The molecule has 94 valence electrons. The minimum Gasteiger partial charge on any atom is -0.396 e. The fourth-order valence-electron chi connectivity index (χ4n) is 2.57. The van der Waals surface area contributed by atoms with Crippen molar-refractivity contribution < 1.29 is 19.7 Å². The summed E-state index contributed by atoms with van der Waals surface area (Å²) in [5.74, 6) is -0.114. The zero-order valence-corrected chi connectivity index (χ0v) is 10.0. The van der Waals surface area contributed by atoms with Crippen molar-refractivity contribution in [2.45, 2.75) is 19.0 Å². The average molecular weight is 240 g/mol. The van der Waals surface area contributed by atoms with E-state index < -0.39 is 0 Å². The number of rotatable bonds is 4. The van der Waals surface area contributed by atoms with Crippen LogP contribution in [0.15, 0.2) is 24.3 Å². The Morgan fingerprint density at radius 2 is 2.24 bits per heavy atom. The van der Waals surface area contributed by atoms with Gasteiger partial charge in [0.1, 0.15) is 38.0 Å². The van der Waals surface area contributed by atoms with Gasteiger partial charge in [-0.05, 0) is 6.07 Å². The number of aliphatic hydroxyl groups is 1. The second-order valence-corrected chi connectivity index (χ2v) is 4.70. The van der Waals surface area contributed by atoms with Crippen molar-refractivity contribution in [1.82, 2.24) is 0 Å². The summed E-state index contributed by atoms with van der Waals surface area (Å²) in [5.41, 5.74) is 0.785. The summed E-state index contributed by atoms with van der Waals surface area (Å²) in [6, 6.07) is 7.43. The van der Waals surface area contributed by atoms with Gasteiger partial charge in [-0.15, -0.1) is 0 Å². The number of nitrogens with two attached hydrogens (primary N) is 1.